The second-order valence-electron chi connectivity index (χ2n) is 8.79. The third-order valence-electron chi connectivity index (χ3n) is 6.43. The van der Waals surface area contributed by atoms with Crippen molar-refractivity contribution in [2.45, 2.75) is 17.8 Å². The van der Waals surface area contributed by atoms with E-state index in [1.807, 2.05) is 125 Å². The molecule has 4 aromatic rings. The fourth-order valence-corrected chi connectivity index (χ4v) is 6.06. The van der Waals surface area contributed by atoms with Gasteiger partial charge in [-0.1, -0.05) is 90.5 Å². The van der Waals surface area contributed by atoms with Gasteiger partial charge in [0.05, 0.1) is 17.1 Å². The van der Waals surface area contributed by atoms with Crippen molar-refractivity contribution in [2.24, 2.45) is 10.2 Å². The summed E-state index contributed by atoms with van der Waals surface area (Å²) >= 11 is 7.62. The zero-order chi connectivity index (χ0) is 25.2. The quantitative estimate of drug-likeness (QED) is 0.255. The maximum Gasteiger partial charge on any atom is 0.219 e. The molecule has 0 saturated carbocycles. The molecule has 0 radical (unpaired) electrons. The molecule has 0 unspecified atom stereocenters. The van der Waals surface area contributed by atoms with Crippen LogP contribution in [0.4, 0.5) is 11.4 Å². The average molecular weight is 523 g/mol. The molecule has 4 aromatic carbocycles. The van der Waals surface area contributed by atoms with E-state index in [1.54, 1.807) is 0 Å². The molecule has 0 aromatic heterocycles. The first-order valence-corrected chi connectivity index (χ1v) is 13.2. The molecule has 7 heteroatoms. The molecule has 5 nitrogen and oxygen atoms in total. The van der Waals surface area contributed by atoms with Crippen LogP contribution in [0.3, 0.4) is 0 Å². The second kappa shape index (κ2) is 9.88. The summed E-state index contributed by atoms with van der Waals surface area (Å²) in [4.78, 5) is 12.8. The van der Waals surface area contributed by atoms with Crippen LogP contribution in [0.15, 0.2) is 125 Å². The minimum Gasteiger partial charge on any atom is -0.286 e. The summed E-state index contributed by atoms with van der Waals surface area (Å²) in [7, 11) is 0. The van der Waals surface area contributed by atoms with Crippen LogP contribution in [0.1, 0.15) is 28.8 Å². The number of para-hydroxylation sites is 2. The molecule has 0 bridgehead atoms. The number of benzene rings is 4. The first kappa shape index (κ1) is 23.5. The third-order valence-corrected chi connectivity index (χ3v) is 8.02. The van der Waals surface area contributed by atoms with Gasteiger partial charge >= 0.3 is 0 Å². The number of thioether (sulfide) groups is 1. The number of hydrazone groups is 2. The first-order chi connectivity index (χ1) is 18.1. The van der Waals surface area contributed by atoms with Gasteiger partial charge in [-0.05, 0) is 60.1 Å². The number of carbonyl (C=O) groups excluding carboxylic acids is 1. The predicted molar refractivity (Wildman–Crippen MR) is 154 cm³/mol. The van der Waals surface area contributed by atoms with E-state index in [0.29, 0.717) is 28.5 Å². The van der Waals surface area contributed by atoms with Crippen molar-refractivity contribution in [2.75, 3.05) is 10.0 Å². The van der Waals surface area contributed by atoms with Gasteiger partial charge in [-0.2, -0.15) is 10.2 Å². The van der Waals surface area contributed by atoms with Crippen molar-refractivity contribution >= 4 is 51.3 Å². The largest absolute Gasteiger partial charge is 0.286 e. The van der Waals surface area contributed by atoms with Crippen molar-refractivity contribution in [3.8, 4) is 0 Å². The van der Waals surface area contributed by atoms with Gasteiger partial charge in [0.25, 0.3) is 0 Å². The highest BCUT2D eigenvalue weighted by Crippen LogP contribution is 2.50. The summed E-state index contributed by atoms with van der Waals surface area (Å²) in [6.07, 6.45) is 1.40. The Kier molecular flexibility index (Phi) is 6.28. The van der Waals surface area contributed by atoms with Gasteiger partial charge in [0.15, 0.2) is 5.04 Å². The lowest BCUT2D eigenvalue weighted by atomic mass is 10.0. The lowest BCUT2D eigenvalue weighted by Crippen LogP contribution is -2.56. The summed E-state index contributed by atoms with van der Waals surface area (Å²) in [6.45, 7) is 0. The Morgan fingerprint density at radius 3 is 1.86 bits per heavy atom. The first-order valence-electron chi connectivity index (χ1n) is 12.1. The number of nitrogens with zero attached hydrogens (tertiary/aromatic N) is 4. The van der Waals surface area contributed by atoms with Gasteiger partial charge in [-0.25, -0.2) is 10.0 Å². The van der Waals surface area contributed by atoms with E-state index in [9.17, 15) is 4.79 Å². The van der Waals surface area contributed by atoms with E-state index in [0.717, 1.165) is 22.6 Å². The van der Waals surface area contributed by atoms with Crippen molar-refractivity contribution < 1.29 is 4.79 Å². The predicted octanol–water partition coefficient (Wildman–Crippen LogP) is 7.45. The molecule has 0 aliphatic carbocycles. The highest BCUT2D eigenvalue weighted by molar-refractivity contribution is 8.17. The van der Waals surface area contributed by atoms with Crippen LogP contribution in [-0.4, -0.2) is 21.5 Å². The monoisotopic (exact) mass is 522 g/mol. The van der Waals surface area contributed by atoms with Gasteiger partial charge in [0, 0.05) is 17.0 Å². The van der Waals surface area contributed by atoms with Crippen LogP contribution in [0, 0.1) is 0 Å². The van der Waals surface area contributed by atoms with Crippen LogP contribution in [0.5, 0.6) is 0 Å². The van der Waals surface area contributed by atoms with Gasteiger partial charge in [-0.3, -0.25) is 4.79 Å². The molecular weight excluding hydrogens is 500 g/mol. The van der Waals surface area contributed by atoms with Crippen LogP contribution in [0.2, 0.25) is 5.02 Å². The highest BCUT2D eigenvalue weighted by Gasteiger charge is 2.53. The standard InChI is InChI=1S/C30H23ClN4OS/c31-24-18-16-22(17-19-24)27-20-21-30(34(32-27)25-12-6-2-7-13-25)35(26-14-8-3-9-15-26)33-29(37-30)28(36)23-10-4-1-5-11-23/h1-19H,20-21H2/t30-/m1/s1. The smallest absolute Gasteiger partial charge is 0.219 e. The van der Waals surface area contributed by atoms with Crippen molar-refractivity contribution in [3.63, 3.8) is 0 Å². The minimum atomic E-state index is -0.752. The lowest BCUT2D eigenvalue weighted by Gasteiger charge is -2.46. The molecule has 2 heterocycles. The Hall–Kier alpha value is -3.87. The molecule has 0 N–H and O–H groups in total. The Balaban J connectivity index is 1.49. The molecule has 0 amide bonds. The van der Waals surface area contributed by atoms with Crippen molar-refractivity contribution in [3.05, 3.63) is 131 Å². The zero-order valence-electron chi connectivity index (χ0n) is 19.9. The van der Waals surface area contributed by atoms with Crippen LogP contribution < -0.4 is 10.0 Å². The third kappa shape index (κ3) is 4.43. The Labute approximate surface area is 225 Å². The van der Waals surface area contributed by atoms with Gasteiger partial charge in [-0.15, -0.1) is 0 Å². The van der Waals surface area contributed by atoms with Crippen molar-refractivity contribution in [1.29, 1.82) is 0 Å². The Bertz CT molecular complexity index is 1480. The lowest BCUT2D eigenvalue weighted by molar-refractivity contribution is 0.106. The highest BCUT2D eigenvalue weighted by atomic mass is 35.5. The maximum atomic E-state index is 13.6. The molecule has 182 valence electrons. The van der Waals surface area contributed by atoms with Gasteiger partial charge in [0.1, 0.15) is 0 Å². The van der Waals surface area contributed by atoms with Crippen LogP contribution in [-0.2, 0) is 0 Å². The van der Waals surface area contributed by atoms with Gasteiger partial charge in [0.2, 0.25) is 10.8 Å². The number of hydrogen-bond donors (Lipinski definition) is 0. The molecule has 2 aliphatic rings. The van der Waals surface area contributed by atoms with E-state index < -0.39 is 4.99 Å². The summed E-state index contributed by atoms with van der Waals surface area (Å²) in [5.74, 6) is -0.0936. The van der Waals surface area contributed by atoms with Crippen LogP contribution >= 0.6 is 23.4 Å². The number of hydrogen-bond acceptors (Lipinski definition) is 6. The molecule has 6 rings (SSSR count). The van der Waals surface area contributed by atoms with Gasteiger partial charge < -0.3 is 0 Å². The number of carbonyl (C=O) groups is 1. The fourth-order valence-electron chi connectivity index (χ4n) is 4.62. The molecular formula is C30H23ClN4OS. The van der Waals surface area contributed by atoms with Crippen molar-refractivity contribution in [1.82, 2.24) is 0 Å². The molecule has 37 heavy (non-hydrogen) atoms. The SMILES string of the molecule is O=C(C1=NN(c2ccccc2)[C@]2(CCC(c3ccc(Cl)cc3)=NN2c2ccccc2)S1)c1ccccc1. The Morgan fingerprint density at radius 1 is 0.730 bits per heavy atom. The molecule has 0 saturated heterocycles. The topological polar surface area (TPSA) is 48.3 Å². The minimum absolute atomic E-state index is 0.0936. The number of ketones is 1. The number of Topliss-reactive ketones (excluding diaryl/α,β-unsaturated/α-hetero) is 1. The summed E-state index contributed by atoms with van der Waals surface area (Å²) in [5.41, 5.74) is 4.42. The molecule has 2 aliphatic heterocycles. The maximum absolute atomic E-state index is 13.6. The van der Waals surface area contributed by atoms with E-state index in [-0.39, 0.29) is 5.78 Å². The average Bonchev–Trinajstić information content (AvgIpc) is 3.34. The van der Waals surface area contributed by atoms with E-state index in [4.69, 9.17) is 21.8 Å². The molecule has 1 spiro atoms. The zero-order valence-corrected chi connectivity index (χ0v) is 21.4. The number of anilines is 2. The van der Waals surface area contributed by atoms with Crippen LogP contribution in [0.25, 0.3) is 0 Å². The molecule has 1 atom stereocenters. The van der Waals surface area contributed by atoms with E-state index in [2.05, 4.69) is 0 Å². The summed E-state index contributed by atoms with van der Waals surface area (Å²) in [5, 5.41) is 15.2. The van der Waals surface area contributed by atoms with E-state index in [1.165, 1.54) is 11.8 Å². The molecule has 0 fully saturated rings. The normalized spacial score (nSPS) is 19.1. The Morgan fingerprint density at radius 2 is 1.27 bits per heavy atom. The second-order valence-corrected chi connectivity index (χ2v) is 10.5. The number of halogens is 1. The number of rotatable bonds is 5. The summed E-state index contributed by atoms with van der Waals surface area (Å²) < 4.78 is 0. The fraction of sp³-hybridized carbons (Fsp3) is 0.100. The van der Waals surface area contributed by atoms with E-state index >= 15 is 0 Å². The summed E-state index contributed by atoms with van der Waals surface area (Å²) in [6, 6.07) is 37.1.